The summed E-state index contributed by atoms with van der Waals surface area (Å²) in [5.41, 5.74) is 4.32. The standard InChI is InChI=1S/C17H17ClN2O/c1-12(21)13-4-5-17-14(9-13)3-2-8-20(17)11-15-6-7-19-10-16(15)18/h4-7,9-10H,2-3,8,11H2,1H3. The van der Waals surface area contributed by atoms with E-state index in [1.165, 1.54) is 11.3 Å². The summed E-state index contributed by atoms with van der Waals surface area (Å²) in [7, 11) is 0. The minimum absolute atomic E-state index is 0.118. The summed E-state index contributed by atoms with van der Waals surface area (Å²) in [5, 5.41) is 0.699. The van der Waals surface area contributed by atoms with Crippen LogP contribution < -0.4 is 4.90 Å². The number of halogens is 1. The van der Waals surface area contributed by atoms with Gasteiger partial charge < -0.3 is 4.90 Å². The van der Waals surface area contributed by atoms with Gasteiger partial charge in [-0.15, -0.1) is 0 Å². The maximum Gasteiger partial charge on any atom is 0.159 e. The zero-order valence-electron chi connectivity index (χ0n) is 12.0. The third-order valence-corrected chi connectivity index (χ3v) is 4.26. The molecule has 108 valence electrons. The SMILES string of the molecule is CC(=O)c1ccc2c(c1)CCCN2Cc1ccncc1Cl. The Balaban J connectivity index is 1.90. The third kappa shape index (κ3) is 2.93. The number of rotatable bonds is 3. The van der Waals surface area contributed by atoms with Gasteiger partial charge in [-0.2, -0.15) is 0 Å². The van der Waals surface area contributed by atoms with Crippen LogP contribution in [-0.2, 0) is 13.0 Å². The van der Waals surface area contributed by atoms with Gasteiger partial charge >= 0.3 is 0 Å². The summed E-state index contributed by atoms with van der Waals surface area (Å²) in [6.07, 6.45) is 5.57. The molecule has 0 N–H and O–H groups in total. The lowest BCUT2D eigenvalue weighted by Crippen LogP contribution is -2.29. The van der Waals surface area contributed by atoms with Crippen LogP contribution in [0.25, 0.3) is 0 Å². The van der Waals surface area contributed by atoms with E-state index in [4.69, 9.17) is 11.6 Å². The quantitative estimate of drug-likeness (QED) is 0.806. The summed E-state index contributed by atoms with van der Waals surface area (Å²) in [5.74, 6) is 0.118. The highest BCUT2D eigenvalue weighted by atomic mass is 35.5. The van der Waals surface area contributed by atoms with Gasteiger partial charge in [0.05, 0.1) is 5.02 Å². The normalized spacial score (nSPS) is 13.9. The number of anilines is 1. The van der Waals surface area contributed by atoms with E-state index in [2.05, 4.69) is 16.0 Å². The average molecular weight is 301 g/mol. The molecule has 2 aromatic rings. The van der Waals surface area contributed by atoms with Crippen molar-refractivity contribution >= 4 is 23.1 Å². The molecule has 21 heavy (non-hydrogen) atoms. The Hall–Kier alpha value is -1.87. The second-order valence-electron chi connectivity index (χ2n) is 5.39. The minimum Gasteiger partial charge on any atom is -0.367 e. The fraction of sp³-hybridized carbons (Fsp3) is 0.294. The average Bonchev–Trinajstić information content (AvgIpc) is 2.49. The lowest BCUT2D eigenvalue weighted by Gasteiger charge is -2.32. The van der Waals surface area contributed by atoms with Crippen molar-refractivity contribution in [1.29, 1.82) is 0 Å². The van der Waals surface area contributed by atoms with Gasteiger partial charge in [0.25, 0.3) is 0 Å². The van der Waals surface area contributed by atoms with Crippen molar-refractivity contribution in [3.63, 3.8) is 0 Å². The molecule has 4 heteroatoms. The summed E-state index contributed by atoms with van der Waals surface area (Å²) in [6.45, 7) is 3.39. The van der Waals surface area contributed by atoms with E-state index in [-0.39, 0.29) is 5.78 Å². The number of aryl methyl sites for hydroxylation is 1. The first kappa shape index (κ1) is 14.1. The molecule has 2 heterocycles. The molecule has 0 saturated carbocycles. The number of Topliss-reactive ketones (excluding diaryl/α,β-unsaturated/α-hetero) is 1. The van der Waals surface area contributed by atoms with Crippen molar-refractivity contribution in [3.05, 3.63) is 58.4 Å². The van der Waals surface area contributed by atoms with Crippen LogP contribution in [0.2, 0.25) is 5.02 Å². The molecule has 0 radical (unpaired) electrons. The largest absolute Gasteiger partial charge is 0.367 e. The highest BCUT2D eigenvalue weighted by molar-refractivity contribution is 6.31. The summed E-state index contributed by atoms with van der Waals surface area (Å²) in [4.78, 5) is 17.9. The Labute approximate surface area is 129 Å². The van der Waals surface area contributed by atoms with Gasteiger partial charge in [0.2, 0.25) is 0 Å². The summed E-state index contributed by atoms with van der Waals surface area (Å²) < 4.78 is 0. The predicted molar refractivity (Wildman–Crippen MR) is 85.1 cm³/mol. The first-order chi connectivity index (χ1) is 10.1. The van der Waals surface area contributed by atoms with E-state index in [9.17, 15) is 4.79 Å². The molecule has 0 saturated heterocycles. The van der Waals surface area contributed by atoms with Crippen LogP contribution in [0, 0.1) is 0 Å². The summed E-state index contributed by atoms with van der Waals surface area (Å²) in [6, 6.07) is 7.95. The predicted octanol–water partition coefficient (Wildman–Crippen LogP) is 3.89. The number of carbonyl (C=O) groups excluding carboxylic acids is 1. The fourth-order valence-corrected chi connectivity index (χ4v) is 2.98. The van der Waals surface area contributed by atoms with Crippen LogP contribution in [0.4, 0.5) is 5.69 Å². The number of carbonyl (C=O) groups is 1. The molecule has 0 spiro atoms. The van der Waals surface area contributed by atoms with Crippen LogP contribution in [0.3, 0.4) is 0 Å². The molecule has 0 amide bonds. The van der Waals surface area contributed by atoms with E-state index in [1.807, 2.05) is 18.2 Å². The van der Waals surface area contributed by atoms with Gasteiger partial charge in [0.1, 0.15) is 0 Å². The van der Waals surface area contributed by atoms with Gasteiger partial charge in [-0.25, -0.2) is 0 Å². The third-order valence-electron chi connectivity index (χ3n) is 3.92. The number of aromatic nitrogens is 1. The summed E-state index contributed by atoms with van der Waals surface area (Å²) >= 11 is 6.20. The van der Waals surface area contributed by atoms with Gasteiger partial charge in [0.15, 0.2) is 5.78 Å². The highest BCUT2D eigenvalue weighted by Crippen LogP contribution is 2.30. The molecule has 1 aliphatic heterocycles. The molecule has 1 aromatic carbocycles. The molecular weight excluding hydrogens is 284 g/mol. The van der Waals surface area contributed by atoms with E-state index >= 15 is 0 Å². The van der Waals surface area contributed by atoms with Gasteiger partial charge in [-0.1, -0.05) is 11.6 Å². The highest BCUT2D eigenvalue weighted by Gasteiger charge is 2.18. The number of pyridine rings is 1. The first-order valence-electron chi connectivity index (χ1n) is 7.12. The van der Waals surface area contributed by atoms with E-state index in [0.717, 1.165) is 37.1 Å². The monoisotopic (exact) mass is 300 g/mol. The zero-order valence-corrected chi connectivity index (χ0v) is 12.7. The van der Waals surface area contributed by atoms with Gasteiger partial charge in [0, 0.05) is 36.7 Å². The molecule has 0 unspecified atom stereocenters. The number of benzene rings is 1. The van der Waals surface area contributed by atoms with Crippen LogP contribution in [0.5, 0.6) is 0 Å². The number of ketones is 1. The molecule has 1 aliphatic rings. The maximum atomic E-state index is 11.5. The van der Waals surface area contributed by atoms with Crippen molar-refractivity contribution in [1.82, 2.24) is 4.98 Å². The smallest absolute Gasteiger partial charge is 0.159 e. The van der Waals surface area contributed by atoms with Crippen LogP contribution in [-0.4, -0.2) is 17.3 Å². The topological polar surface area (TPSA) is 33.2 Å². The molecule has 0 aliphatic carbocycles. The van der Waals surface area contributed by atoms with Crippen molar-refractivity contribution in [2.24, 2.45) is 0 Å². The van der Waals surface area contributed by atoms with Gasteiger partial charge in [-0.05, 0) is 55.2 Å². The lowest BCUT2D eigenvalue weighted by molar-refractivity contribution is 0.101. The van der Waals surface area contributed by atoms with E-state index in [0.29, 0.717) is 5.02 Å². The van der Waals surface area contributed by atoms with Crippen molar-refractivity contribution < 1.29 is 4.79 Å². The molecule has 1 aromatic heterocycles. The number of fused-ring (bicyclic) bond motifs is 1. The molecule has 0 atom stereocenters. The lowest BCUT2D eigenvalue weighted by atomic mass is 9.97. The Morgan fingerprint density at radius 3 is 3.00 bits per heavy atom. The number of hydrogen-bond acceptors (Lipinski definition) is 3. The Kier molecular flexibility index (Phi) is 3.93. The molecular formula is C17H17ClN2O. The Morgan fingerprint density at radius 1 is 1.38 bits per heavy atom. The second-order valence-corrected chi connectivity index (χ2v) is 5.80. The molecule has 0 fully saturated rings. The fourth-order valence-electron chi connectivity index (χ4n) is 2.80. The van der Waals surface area contributed by atoms with Crippen LogP contribution >= 0.6 is 11.6 Å². The van der Waals surface area contributed by atoms with Crippen LogP contribution in [0.1, 0.15) is 34.8 Å². The second kappa shape index (κ2) is 5.86. The van der Waals surface area contributed by atoms with Crippen LogP contribution in [0.15, 0.2) is 36.7 Å². The Bertz CT molecular complexity index is 684. The van der Waals surface area contributed by atoms with E-state index in [1.54, 1.807) is 19.3 Å². The van der Waals surface area contributed by atoms with Crippen molar-refractivity contribution in [2.45, 2.75) is 26.3 Å². The molecule has 3 nitrogen and oxygen atoms in total. The van der Waals surface area contributed by atoms with Crippen molar-refractivity contribution in [2.75, 3.05) is 11.4 Å². The van der Waals surface area contributed by atoms with E-state index < -0.39 is 0 Å². The van der Waals surface area contributed by atoms with Gasteiger partial charge in [-0.3, -0.25) is 9.78 Å². The Morgan fingerprint density at radius 2 is 2.24 bits per heavy atom. The number of hydrogen-bond donors (Lipinski definition) is 0. The van der Waals surface area contributed by atoms with Crippen molar-refractivity contribution in [3.8, 4) is 0 Å². The molecule has 3 rings (SSSR count). The maximum absolute atomic E-state index is 11.5. The number of nitrogens with zero attached hydrogens (tertiary/aromatic N) is 2. The first-order valence-corrected chi connectivity index (χ1v) is 7.50. The zero-order chi connectivity index (χ0) is 14.8. The molecule has 0 bridgehead atoms. The minimum atomic E-state index is 0.118.